The fourth-order valence-corrected chi connectivity index (χ4v) is 2.50. The lowest BCUT2D eigenvalue weighted by atomic mass is 10.1. The lowest BCUT2D eigenvalue weighted by Gasteiger charge is -2.11. The highest BCUT2D eigenvalue weighted by Crippen LogP contribution is 2.33. The number of carbonyl (C=O) groups excluding carboxylic acids is 1. The summed E-state index contributed by atoms with van der Waals surface area (Å²) in [7, 11) is 4.64. The summed E-state index contributed by atoms with van der Waals surface area (Å²) in [6.07, 6.45) is 1.50. The molecule has 1 aliphatic heterocycles. The molecule has 1 N–H and O–H groups in total. The zero-order chi connectivity index (χ0) is 17.8. The average Bonchev–Trinajstić information content (AvgIpc) is 2.96. The Morgan fingerprint density at radius 2 is 1.64 bits per heavy atom. The smallest absolute Gasteiger partial charge is 0.276 e. The Labute approximate surface area is 144 Å². The minimum Gasteiger partial charge on any atom is -0.496 e. The Morgan fingerprint density at radius 1 is 0.960 bits per heavy atom. The van der Waals surface area contributed by atoms with Crippen molar-refractivity contribution in [3.05, 3.63) is 47.5 Å². The number of anilines is 1. The monoisotopic (exact) mass is 339 g/mol. The second-order valence-corrected chi connectivity index (χ2v) is 5.14. The Balaban J connectivity index is 1.94. The van der Waals surface area contributed by atoms with E-state index < -0.39 is 0 Å². The molecule has 0 radical (unpaired) electrons. The van der Waals surface area contributed by atoms with Gasteiger partial charge in [-0.05, 0) is 12.1 Å². The van der Waals surface area contributed by atoms with Gasteiger partial charge in [-0.1, -0.05) is 18.2 Å². The number of methoxy groups -OCH3 is 3. The van der Waals surface area contributed by atoms with Gasteiger partial charge in [0.15, 0.2) is 17.2 Å². The van der Waals surface area contributed by atoms with Gasteiger partial charge in [0.1, 0.15) is 5.75 Å². The van der Waals surface area contributed by atoms with E-state index in [1.807, 2.05) is 24.3 Å². The van der Waals surface area contributed by atoms with Crippen LogP contribution in [0.4, 0.5) is 5.69 Å². The molecule has 2 aromatic carbocycles. The maximum absolute atomic E-state index is 12.0. The zero-order valence-corrected chi connectivity index (χ0v) is 14.1. The Kier molecular flexibility index (Phi) is 4.65. The van der Waals surface area contributed by atoms with Crippen LogP contribution in [0.5, 0.6) is 17.2 Å². The minimum absolute atomic E-state index is 0.270. The average molecular weight is 339 g/mol. The van der Waals surface area contributed by atoms with Crippen molar-refractivity contribution in [2.75, 3.05) is 26.6 Å². The molecule has 2 aromatic rings. The molecule has 128 valence electrons. The summed E-state index contributed by atoms with van der Waals surface area (Å²) < 4.78 is 15.9. The number of amides is 1. The van der Waals surface area contributed by atoms with Crippen molar-refractivity contribution in [1.29, 1.82) is 0 Å². The van der Waals surface area contributed by atoms with E-state index in [9.17, 15) is 4.79 Å². The van der Waals surface area contributed by atoms with E-state index in [0.717, 1.165) is 11.3 Å². The predicted octanol–water partition coefficient (Wildman–Crippen LogP) is 2.49. The molecule has 1 aliphatic rings. The number of nitrogens with zero attached hydrogens (tertiary/aromatic N) is 2. The molecule has 7 heteroatoms. The van der Waals surface area contributed by atoms with Gasteiger partial charge in [0.05, 0.1) is 33.2 Å². The van der Waals surface area contributed by atoms with Gasteiger partial charge >= 0.3 is 0 Å². The standard InChI is InChI=1S/C18H17N3O4/c1-23-14-9-16(25-3)15(24-2)8-11(14)10-19-21-17-12-6-4-5-7-13(12)20-18(17)22/h4-10H,1-3H3,(H,20,21,22)/b19-10+. The molecule has 0 spiro atoms. The van der Waals surface area contributed by atoms with Crippen molar-refractivity contribution in [2.45, 2.75) is 0 Å². The Bertz CT molecular complexity index is 875. The van der Waals surface area contributed by atoms with Gasteiger partial charge in [0.2, 0.25) is 0 Å². The number of carbonyl (C=O) groups is 1. The fourth-order valence-electron chi connectivity index (χ4n) is 2.50. The molecule has 0 atom stereocenters. The Morgan fingerprint density at radius 3 is 2.36 bits per heavy atom. The first-order valence-corrected chi connectivity index (χ1v) is 7.49. The second-order valence-electron chi connectivity index (χ2n) is 5.14. The predicted molar refractivity (Wildman–Crippen MR) is 95.3 cm³/mol. The SMILES string of the molecule is COc1cc(OC)c(OC)cc1/C=N/N=C1\C(=O)Nc2ccccc21. The molecule has 1 amide bonds. The van der Waals surface area contributed by atoms with Crippen LogP contribution in [0.25, 0.3) is 0 Å². The summed E-state index contributed by atoms with van der Waals surface area (Å²) in [6, 6.07) is 10.7. The van der Waals surface area contributed by atoms with Crippen LogP contribution in [0.2, 0.25) is 0 Å². The lowest BCUT2D eigenvalue weighted by molar-refractivity contribution is -0.110. The van der Waals surface area contributed by atoms with Crippen molar-refractivity contribution >= 4 is 23.5 Å². The van der Waals surface area contributed by atoms with Crippen molar-refractivity contribution < 1.29 is 19.0 Å². The third-order valence-electron chi connectivity index (χ3n) is 3.74. The lowest BCUT2D eigenvalue weighted by Crippen LogP contribution is -2.13. The molecule has 1 heterocycles. The molecular formula is C18H17N3O4. The van der Waals surface area contributed by atoms with Crippen LogP contribution in [-0.4, -0.2) is 39.2 Å². The number of ether oxygens (including phenoxy) is 3. The molecule has 25 heavy (non-hydrogen) atoms. The first-order valence-electron chi connectivity index (χ1n) is 7.49. The first kappa shape index (κ1) is 16.5. The summed E-state index contributed by atoms with van der Waals surface area (Å²) in [6.45, 7) is 0. The van der Waals surface area contributed by atoms with Gasteiger partial charge in [-0.25, -0.2) is 0 Å². The molecule has 0 saturated heterocycles. The number of rotatable bonds is 5. The molecular weight excluding hydrogens is 322 g/mol. The van der Waals surface area contributed by atoms with E-state index in [4.69, 9.17) is 14.2 Å². The largest absolute Gasteiger partial charge is 0.496 e. The molecule has 7 nitrogen and oxygen atoms in total. The van der Waals surface area contributed by atoms with Crippen LogP contribution in [0.3, 0.4) is 0 Å². The fraction of sp³-hybridized carbons (Fsp3) is 0.167. The number of benzene rings is 2. The van der Waals surface area contributed by atoms with E-state index in [1.165, 1.54) is 6.21 Å². The molecule has 0 bridgehead atoms. The van der Waals surface area contributed by atoms with Crippen LogP contribution in [0.15, 0.2) is 46.6 Å². The van der Waals surface area contributed by atoms with E-state index in [0.29, 0.717) is 22.8 Å². The number of fused-ring (bicyclic) bond motifs is 1. The third-order valence-corrected chi connectivity index (χ3v) is 3.74. The molecule has 0 fully saturated rings. The minimum atomic E-state index is -0.280. The van der Waals surface area contributed by atoms with Crippen molar-refractivity contribution in [3.63, 3.8) is 0 Å². The highest BCUT2D eigenvalue weighted by Gasteiger charge is 2.25. The molecule has 0 saturated carbocycles. The summed E-state index contributed by atoms with van der Waals surface area (Å²) in [4.78, 5) is 12.0. The second kappa shape index (κ2) is 7.04. The maximum atomic E-state index is 12.0. The summed E-state index contributed by atoms with van der Waals surface area (Å²) in [5.74, 6) is 1.36. The van der Waals surface area contributed by atoms with Gasteiger partial charge < -0.3 is 19.5 Å². The van der Waals surface area contributed by atoms with E-state index >= 15 is 0 Å². The summed E-state index contributed by atoms with van der Waals surface area (Å²) >= 11 is 0. The van der Waals surface area contributed by atoms with Gasteiger partial charge in [0.25, 0.3) is 5.91 Å². The molecule has 3 rings (SSSR count). The van der Waals surface area contributed by atoms with Crippen LogP contribution in [0, 0.1) is 0 Å². The summed E-state index contributed by atoms with van der Waals surface area (Å²) in [5, 5.41) is 10.8. The van der Waals surface area contributed by atoms with Gasteiger partial charge in [-0.15, -0.1) is 5.10 Å². The van der Waals surface area contributed by atoms with E-state index in [-0.39, 0.29) is 11.6 Å². The highest BCUT2D eigenvalue weighted by atomic mass is 16.5. The first-order chi connectivity index (χ1) is 12.2. The molecule has 0 aromatic heterocycles. The zero-order valence-electron chi connectivity index (χ0n) is 14.1. The molecule has 0 unspecified atom stereocenters. The Hall–Kier alpha value is -3.35. The third kappa shape index (κ3) is 3.16. The van der Waals surface area contributed by atoms with Crippen LogP contribution in [0.1, 0.15) is 11.1 Å². The topological polar surface area (TPSA) is 81.5 Å². The highest BCUT2D eigenvalue weighted by molar-refractivity contribution is 6.53. The number of para-hydroxylation sites is 1. The van der Waals surface area contributed by atoms with Gasteiger partial charge in [0, 0.05) is 17.2 Å². The number of nitrogens with one attached hydrogen (secondary N) is 1. The number of hydrogen-bond donors (Lipinski definition) is 1. The van der Waals surface area contributed by atoms with Gasteiger partial charge in [-0.2, -0.15) is 5.10 Å². The van der Waals surface area contributed by atoms with Crippen molar-refractivity contribution in [2.24, 2.45) is 10.2 Å². The van der Waals surface area contributed by atoms with Crippen molar-refractivity contribution in [1.82, 2.24) is 0 Å². The summed E-state index contributed by atoms with van der Waals surface area (Å²) in [5.41, 5.74) is 2.37. The normalized spacial score (nSPS) is 14.5. The van der Waals surface area contributed by atoms with Crippen LogP contribution < -0.4 is 19.5 Å². The quantitative estimate of drug-likeness (QED) is 0.670. The maximum Gasteiger partial charge on any atom is 0.276 e. The van der Waals surface area contributed by atoms with E-state index in [2.05, 4.69) is 15.5 Å². The molecule has 0 aliphatic carbocycles. The van der Waals surface area contributed by atoms with E-state index in [1.54, 1.807) is 33.5 Å². The van der Waals surface area contributed by atoms with Crippen molar-refractivity contribution in [3.8, 4) is 17.2 Å². The van der Waals surface area contributed by atoms with Crippen LogP contribution >= 0.6 is 0 Å². The van der Waals surface area contributed by atoms with Crippen LogP contribution in [-0.2, 0) is 4.79 Å². The van der Waals surface area contributed by atoms with Gasteiger partial charge in [-0.3, -0.25) is 4.79 Å². The number of hydrogen-bond acceptors (Lipinski definition) is 6.